The highest BCUT2D eigenvalue weighted by atomic mass is 16.3. The summed E-state index contributed by atoms with van der Waals surface area (Å²) in [5.41, 5.74) is 8.31. The number of fused-ring (bicyclic) bond motifs is 1. The molecule has 0 amide bonds. The van der Waals surface area contributed by atoms with Crippen LogP contribution in [0.4, 0.5) is 5.69 Å². The van der Waals surface area contributed by atoms with Gasteiger partial charge < -0.3 is 15.7 Å². The lowest BCUT2D eigenvalue weighted by Gasteiger charge is -2.33. The topological polar surface area (TPSA) is 49.5 Å². The minimum absolute atomic E-state index is 0.218. The first kappa shape index (κ1) is 13.2. The summed E-state index contributed by atoms with van der Waals surface area (Å²) in [5.74, 6) is 0. The number of hydrogen-bond acceptors (Lipinski definition) is 3. The van der Waals surface area contributed by atoms with E-state index in [9.17, 15) is 5.11 Å². The van der Waals surface area contributed by atoms with Gasteiger partial charge in [0.2, 0.25) is 0 Å². The zero-order valence-corrected chi connectivity index (χ0v) is 11.5. The van der Waals surface area contributed by atoms with Crippen molar-refractivity contribution in [3.05, 3.63) is 65.7 Å². The van der Waals surface area contributed by atoms with E-state index in [1.165, 1.54) is 11.3 Å². The lowest BCUT2D eigenvalue weighted by Crippen LogP contribution is -2.45. The Balaban J connectivity index is 1.87. The standard InChI is InChI=1S/C17H20N2O/c18-12-17(20,15-7-2-1-3-8-15)13-19-11-10-14-6-4-5-9-16(14)19/h1-9,20H,10-13,18H2. The van der Waals surface area contributed by atoms with E-state index in [0.29, 0.717) is 6.54 Å². The number of aliphatic hydroxyl groups is 1. The quantitative estimate of drug-likeness (QED) is 0.890. The maximum atomic E-state index is 10.9. The fourth-order valence-corrected chi connectivity index (χ4v) is 2.91. The summed E-state index contributed by atoms with van der Waals surface area (Å²) < 4.78 is 0. The molecule has 3 N–H and O–H groups in total. The SMILES string of the molecule is NCC(O)(CN1CCc2ccccc21)c1ccccc1. The predicted octanol–water partition coefficient (Wildman–Crippen LogP) is 1.90. The Hall–Kier alpha value is -1.84. The molecule has 2 aromatic carbocycles. The van der Waals surface area contributed by atoms with Gasteiger partial charge in [0.05, 0.1) is 6.54 Å². The van der Waals surface area contributed by atoms with E-state index in [-0.39, 0.29) is 6.54 Å². The molecule has 3 nitrogen and oxygen atoms in total. The van der Waals surface area contributed by atoms with Crippen LogP contribution in [0.3, 0.4) is 0 Å². The highest BCUT2D eigenvalue weighted by Gasteiger charge is 2.32. The minimum atomic E-state index is -1.00. The maximum Gasteiger partial charge on any atom is 0.119 e. The molecule has 1 unspecified atom stereocenters. The largest absolute Gasteiger partial charge is 0.382 e. The van der Waals surface area contributed by atoms with E-state index in [0.717, 1.165) is 18.5 Å². The third-order valence-electron chi connectivity index (χ3n) is 4.08. The van der Waals surface area contributed by atoms with Gasteiger partial charge in [0.15, 0.2) is 0 Å². The van der Waals surface area contributed by atoms with E-state index in [4.69, 9.17) is 5.73 Å². The molecule has 1 aliphatic rings. The van der Waals surface area contributed by atoms with Crippen molar-refractivity contribution in [1.82, 2.24) is 0 Å². The molecule has 3 rings (SSSR count). The van der Waals surface area contributed by atoms with Crippen LogP contribution in [0.2, 0.25) is 0 Å². The van der Waals surface area contributed by atoms with Crippen LogP contribution in [0.15, 0.2) is 54.6 Å². The molecule has 0 aromatic heterocycles. The molecule has 104 valence electrons. The lowest BCUT2D eigenvalue weighted by atomic mass is 9.93. The van der Waals surface area contributed by atoms with Gasteiger partial charge in [-0.3, -0.25) is 0 Å². The zero-order chi connectivity index (χ0) is 14.0. The van der Waals surface area contributed by atoms with Gasteiger partial charge in [-0.25, -0.2) is 0 Å². The maximum absolute atomic E-state index is 10.9. The number of rotatable bonds is 4. The first-order valence-electron chi connectivity index (χ1n) is 7.04. The van der Waals surface area contributed by atoms with Gasteiger partial charge in [0.1, 0.15) is 5.60 Å². The summed E-state index contributed by atoms with van der Waals surface area (Å²) in [6.07, 6.45) is 1.03. The average molecular weight is 268 g/mol. The highest BCUT2D eigenvalue weighted by molar-refractivity contribution is 5.58. The monoisotopic (exact) mass is 268 g/mol. The van der Waals surface area contributed by atoms with Crippen LogP contribution in [0.5, 0.6) is 0 Å². The average Bonchev–Trinajstić information content (AvgIpc) is 2.91. The molecule has 0 aliphatic carbocycles. The molecule has 0 spiro atoms. The number of para-hydroxylation sites is 1. The third kappa shape index (κ3) is 2.30. The van der Waals surface area contributed by atoms with Gasteiger partial charge in [0, 0.05) is 18.8 Å². The molecule has 3 heteroatoms. The smallest absolute Gasteiger partial charge is 0.119 e. The molecule has 1 aliphatic heterocycles. The molecule has 20 heavy (non-hydrogen) atoms. The molecular formula is C17H20N2O. The van der Waals surface area contributed by atoms with Crippen molar-refractivity contribution in [2.24, 2.45) is 5.73 Å². The fourth-order valence-electron chi connectivity index (χ4n) is 2.91. The summed E-state index contributed by atoms with van der Waals surface area (Å²) in [7, 11) is 0. The van der Waals surface area contributed by atoms with E-state index in [2.05, 4.69) is 23.1 Å². The lowest BCUT2D eigenvalue weighted by molar-refractivity contribution is 0.0535. The second-order valence-electron chi connectivity index (χ2n) is 5.40. The van der Waals surface area contributed by atoms with E-state index >= 15 is 0 Å². The second kappa shape index (κ2) is 5.27. The molecular weight excluding hydrogens is 248 g/mol. The first-order chi connectivity index (χ1) is 9.73. The number of nitrogens with two attached hydrogens (primary N) is 1. The second-order valence-corrected chi connectivity index (χ2v) is 5.40. The van der Waals surface area contributed by atoms with Crippen LogP contribution in [0.25, 0.3) is 0 Å². The molecule has 0 bridgehead atoms. The number of benzene rings is 2. The number of β-amino-alcohol motifs (C(OH)–C–C–N with tert-alkyl or cyclic N) is 1. The molecule has 0 fully saturated rings. The van der Waals surface area contributed by atoms with Gasteiger partial charge in [0.25, 0.3) is 0 Å². The summed E-state index contributed by atoms with van der Waals surface area (Å²) in [5, 5.41) is 10.9. The van der Waals surface area contributed by atoms with Gasteiger partial charge in [-0.15, -0.1) is 0 Å². The number of nitrogens with zero attached hydrogens (tertiary/aromatic N) is 1. The molecule has 0 saturated heterocycles. The summed E-state index contributed by atoms with van der Waals surface area (Å²) in [6.45, 7) is 1.69. The number of hydrogen-bond donors (Lipinski definition) is 2. The summed E-state index contributed by atoms with van der Waals surface area (Å²) in [4.78, 5) is 2.23. The normalized spacial score (nSPS) is 16.8. The Morgan fingerprint density at radius 2 is 1.75 bits per heavy atom. The summed E-state index contributed by atoms with van der Waals surface area (Å²) in [6, 6.07) is 18.1. The predicted molar refractivity (Wildman–Crippen MR) is 81.8 cm³/mol. The van der Waals surface area contributed by atoms with Crippen LogP contribution in [-0.2, 0) is 12.0 Å². The van der Waals surface area contributed by atoms with Crippen molar-refractivity contribution in [3.8, 4) is 0 Å². The Bertz CT molecular complexity index is 585. The van der Waals surface area contributed by atoms with Crippen LogP contribution >= 0.6 is 0 Å². The van der Waals surface area contributed by atoms with Crippen molar-refractivity contribution in [3.63, 3.8) is 0 Å². The van der Waals surface area contributed by atoms with Gasteiger partial charge >= 0.3 is 0 Å². The van der Waals surface area contributed by atoms with Crippen LogP contribution in [0.1, 0.15) is 11.1 Å². The van der Waals surface area contributed by atoms with Crippen LogP contribution in [-0.4, -0.2) is 24.7 Å². The van der Waals surface area contributed by atoms with Crippen molar-refractivity contribution < 1.29 is 5.11 Å². The molecule has 2 aromatic rings. The minimum Gasteiger partial charge on any atom is -0.382 e. The molecule has 1 heterocycles. The molecule has 0 saturated carbocycles. The summed E-state index contributed by atoms with van der Waals surface area (Å²) >= 11 is 0. The first-order valence-corrected chi connectivity index (χ1v) is 7.04. The molecule has 0 radical (unpaired) electrons. The van der Waals surface area contributed by atoms with Gasteiger partial charge in [-0.05, 0) is 23.6 Å². The van der Waals surface area contributed by atoms with E-state index < -0.39 is 5.60 Å². The fraction of sp³-hybridized carbons (Fsp3) is 0.294. The Morgan fingerprint density at radius 1 is 1.05 bits per heavy atom. The number of anilines is 1. The highest BCUT2D eigenvalue weighted by Crippen LogP contribution is 2.31. The van der Waals surface area contributed by atoms with Crippen LogP contribution < -0.4 is 10.6 Å². The Labute approximate surface area is 119 Å². The van der Waals surface area contributed by atoms with Crippen molar-refractivity contribution in [2.75, 3.05) is 24.5 Å². The van der Waals surface area contributed by atoms with Crippen molar-refractivity contribution in [1.29, 1.82) is 0 Å². The van der Waals surface area contributed by atoms with Gasteiger partial charge in [-0.2, -0.15) is 0 Å². The van der Waals surface area contributed by atoms with Crippen molar-refractivity contribution >= 4 is 5.69 Å². The van der Waals surface area contributed by atoms with E-state index in [1.54, 1.807) is 0 Å². The van der Waals surface area contributed by atoms with Crippen LogP contribution in [0, 0.1) is 0 Å². The third-order valence-corrected chi connectivity index (χ3v) is 4.08. The Morgan fingerprint density at radius 3 is 2.50 bits per heavy atom. The van der Waals surface area contributed by atoms with E-state index in [1.807, 2.05) is 36.4 Å². The molecule has 1 atom stereocenters. The zero-order valence-electron chi connectivity index (χ0n) is 11.5. The Kier molecular flexibility index (Phi) is 3.47. The van der Waals surface area contributed by atoms with Gasteiger partial charge in [-0.1, -0.05) is 48.5 Å². The van der Waals surface area contributed by atoms with Crippen molar-refractivity contribution in [2.45, 2.75) is 12.0 Å².